The molecule has 37 heavy (non-hydrogen) atoms. The number of nitro benzene ring substituents is 1. The molecule has 6 nitrogen and oxygen atoms in total. The molecular formula is C26H21BF4N2O4. The van der Waals surface area contributed by atoms with E-state index in [0.717, 1.165) is 22.4 Å². The number of benzene rings is 3. The minimum absolute atomic E-state index is 0.0193. The van der Waals surface area contributed by atoms with Gasteiger partial charge in [-0.05, 0) is 30.2 Å². The van der Waals surface area contributed by atoms with Crippen molar-refractivity contribution in [2.45, 2.75) is 6.92 Å². The van der Waals surface area contributed by atoms with Gasteiger partial charge in [0.25, 0.3) is 11.4 Å². The number of rotatable bonds is 6. The van der Waals surface area contributed by atoms with E-state index in [1.165, 1.54) is 12.1 Å². The lowest BCUT2D eigenvalue weighted by molar-refractivity contribution is -0.587. The number of non-ortho nitro benzene ring substituents is 1. The van der Waals surface area contributed by atoms with Crippen molar-refractivity contribution in [3.05, 3.63) is 113 Å². The number of carbonyl (C=O) groups excluding carboxylic acids is 1. The molecule has 11 heteroatoms. The smallest absolute Gasteiger partial charge is 0.458 e. The van der Waals surface area contributed by atoms with Crippen LogP contribution in [0.4, 0.5) is 23.0 Å². The third-order valence-electron chi connectivity index (χ3n) is 5.05. The summed E-state index contributed by atoms with van der Waals surface area (Å²) in [5, 5.41) is 11.1. The highest BCUT2D eigenvalue weighted by Crippen LogP contribution is 2.27. The largest absolute Gasteiger partial charge is 0.673 e. The van der Waals surface area contributed by atoms with E-state index in [1.807, 2.05) is 66.7 Å². The molecule has 0 aliphatic carbocycles. The number of pyridine rings is 1. The fourth-order valence-corrected chi connectivity index (χ4v) is 3.57. The van der Waals surface area contributed by atoms with Gasteiger partial charge in [-0.25, -0.2) is 4.79 Å². The number of nitro groups is 1. The number of carbonyl (C=O) groups is 1. The molecule has 0 amide bonds. The van der Waals surface area contributed by atoms with Crippen molar-refractivity contribution in [2.24, 2.45) is 0 Å². The quantitative estimate of drug-likeness (QED) is 0.0722. The molecule has 0 unspecified atom stereocenters. The number of ether oxygens (including phenoxy) is 1. The zero-order chi connectivity index (χ0) is 27.0. The average Bonchev–Trinajstić information content (AvgIpc) is 2.88. The van der Waals surface area contributed by atoms with Gasteiger partial charge in [0.1, 0.15) is 0 Å². The maximum atomic E-state index is 13.0. The number of nitrogens with zero attached hydrogens (tertiary/aromatic N) is 2. The van der Waals surface area contributed by atoms with Gasteiger partial charge in [-0.1, -0.05) is 48.5 Å². The Morgan fingerprint density at radius 3 is 1.84 bits per heavy atom. The lowest BCUT2D eigenvalue weighted by Crippen LogP contribution is -2.41. The summed E-state index contributed by atoms with van der Waals surface area (Å²) in [6, 6.07) is 29.4. The molecule has 4 aromatic rings. The molecule has 1 heterocycles. The van der Waals surface area contributed by atoms with E-state index in [-0.39, 0.29) is 12.3 Å². The molecule has 0 saturated heterocycles. The van der Waals surface area contributed by atoms with E-state index in [2.05, 4.69) is 0 Å². The molecular weight excluding hydrogens is 491 g/mol. The Labute approximate surface area is 210 Å². The summed E-state index contributed by atoms with van der Waals surface area (Å²) in [5.41, 5.74) is 4.43. The average molecular weight is 512 g/mol. The summed E-state index contributed by atoms with van der Waals surface area (Å²) in [4.78, 5) is 23.7. The van der Waals surface area contributed by atoms with E-state index in [9.17, 15) is 32.2 Å². The first-order valence-corrected chi connectivity index (χ1v) is 11.1. The van der Waals surface area contributed by atoms with Crippen LogP contribution in [-0.4, -0.2) is 24.8 Å². The van der Waals surface area contributed by atoms with Gasteiger partial charge >= 0.3 is 13.2 Å². The predicted octanol–water partition coefficient (Wildman–Crippen LogP) is 6.68. The van der Waals surface area contributed by atoms with Gasteiger partial charge in [0, 0.05) is 42.0 Å². The van der Waals surface area contributed by atoms with Crippen LogP contribution in [0.5, 0.6) is 0 Å². The molecule has 0 aliphatic rings. The van der Waals surface area contributed by atoms with Gasteiger partial charge in [0.05, 0.1) is 11.5 Å². The van der Waals surface area contributed by atoms with E-state index in [1.54, 1.807) is 29.7 Å². The van der Waals surface area contributed by atoms with Crippen molar-refractivity contribution in [1.29, 1.82) is 0 Å². The SMILES string of the molecule is CCOC(=O)c1cc(-c2ccccc2)cc(-c2ccccc2)[n+]1-c1ccc([N+](=O)[O-])cc1.F[B-](F)(F)F. The highest BCUT2D eigenvalue weighted by atomic mass is 19.5. The lowest BCUT2D eigenvalue weighted by Gasteiger charge is -2.11. The molecule has 0 saturated carbocycles. The molecule has 4 rings (SSSR count). The molecule has 0 aliphatic heterocycles. The number of hydrogen-bond donors (Lipinski definition) is 0. The maximum Gasteiger partial charge on any atom is 0.673 e. The van der Waals surface area contributed by atoms with Crippen LogP contribution in [0.25, 0.3) is 28.1 Å². The third-order valence-corrected chi connectivity index (χ3v) is 5.05. The van der Waals surface area contributed by atoms with Gasteiger partial charge in [0.15, 0.2) is 0 Å². The maximum absolute atomic E-state index is 13.0. The van der Waals surface area contributed by atoms with E-state index >= 15 is 0 Å². The summed E-state index contributed by atoms with van der Waals surface area (Å²) in [6.45, 7) is 1.99. The Bertz CT molecular complexity index is 1360. The van der Waals surface area contributed by atoms with Crippen LogP contribution in [0.3, 0.4) is 0 Å². The Hall–Kier alpha value is -4.54. The number of halogens is 4. The highest BCUT2D eigenvalue weighted by Gasteiger charge is 2.29. The molecule has 0 radical (unpaired) electrons. The molecule has 0 spiro atoms. The van der Waals surface area contributed by atoms with Crippen molar-refractivity contribution in [2.75, 3.05) is 6.61 Å². The van der Waals surface area contributed by atoms with Gasteiger partial charge in [-0.2, -0.15) is 0 Å². The first-order valence-electron chi connectivity index (χ1n) is 11.1. The Morgan fingerprint density at radius 1 is 0.838 bits per heavy atom. The van der Waals surface area contributed by atoms with Crippen molar-refractivity contribution < 1.29 is 36.3 Å². The second-order valence-corrected chi connectivity index (χ2v) is 7.57. The fraction of sp³-hybridized carbons (Fsp3) is 0.0769. The minimum atomic E-state index is -6.00. The second-order valence-electron chi connectivity index (χ2n) is 7.57. The van der Waals surface area contributed by atoms with Gasteiger partial charge in [-0.15, -0.1) is 4.57 Å². The van der Waals surface area contributed by atoms with Crippen LogP contribution in [0.15, 0.2) is 97.1 Å². The van der Waals surface area contributed by atoms with Crippen LogP contribution < -0.4 is 4.57 Å². The second kappa shape index (κ2) is 11.9. The van der Waals surface area contributed by atoms with Crippen molar-refractivity contribution in [3.63, 3.8) is 0 Å². The van der Waals surface area contributed by atoms with Crippen LogP contribution in [0, 0.1) is 10.1 Å². The van der Waals surface area contributed by atoms with Crippen molar-refractivity contribution in [3.8, 4) is 28.1 Å². The van der Waals surface area contributed by atoms with E-state index in [0.29, 0.717) is 11.4 Å². The number of hydrogen-bond acceptors (Lipinski definition) is 4. The molecule has 0 atom stereocenters. The summed E-state index contributed by atoms with van der Waals surface area (Å²) < 4.78 is 46.1. The van der Waals surface area contributed by atoms with Crippen LogP contribution in [0.2, 0.25) is 0 Å². The summed E-state index contributed by atoms with van der Waals surface area (Å²) >= 11 is 0. The summed E-state index contributed by atoms with van der Waals surface area (Å²) in [6.07, 6.45) is 0. The number of esters is 1. The summed E-state index contributed by atoms with van der Waals surface area (Å²) in [7, 11) is -6.00. The van der Waals surface area contributed by atoms with E-state index < -0.39 is 18.1 Å². The van der Waals surface area contributed by atoms with E-state index in [4.69, 9.17) is 4.74 Å². The minimum Gasteiger partial charge on any atom is -0.458 e. The normalized spacial score (nSPS) is 10.7. The van der Waals surface area contributed by atoms with Crippen molar-refractivity contribution in [1.82, 2.24) is 0 Å². The Kier molecular flexibility index (Phi) is 8.73. The van der Waals surface area contributed by atoms with Crippen LogP contribution in [0.1, 0.15) is 17.4 Å². The standard InChI is InChI=1S/C26H21N2O4.BF4/c1-2-32-26(29)25-18-21(19-9-5-3-6-10-19)17-24(20-11-7-4-8-12-20)27(25)22-13-15-23(16-14-22)28(30)31;2-1(3,4)5/h3-18H,2H2,1H3;/q+1;-1. The molecule has 1 aromatic heterocycles. The lowest BCUT2D eigenvalue weighted by atomic mass is 10.0. The molecule has 3 aromatic carbocycles. The molecule has 0 N–H and O–H groups in total. The highest BCUT2D eigenvalue weighted by molar-refractivity contribution is 6.50. The topological polar surface area (TPSA) is 73.3 Å². The Balaban J connectivity index is 0.000000695. The van der Waals surface area contributed by atoms with Crippen LogP contribution in [-0.2, 0) is 4.74 Å². The molecule has 0 bridgehead atoms. The van der Waals surface area contributed by atoms with Gasteiger partial charge in [-0.3, -0.25) is 10.1 Å². The molecule has 190 valence electrons. The number of aromatic nitrogens is 1. The monoisotopic (exact) mass is 512 g/mol. The van der Waals surface area contributed by atoms with Gasteiger partial charge < -0.3 is 22.0 Å². The summed E-state index contributed by atoms with van der Waals surface area (Å²) in [5.74, 6) is -0.471. The zero-order valence-electron chi connectivity index (χ0n) is 19.6. The zero-order valence-corrected chi connectivity index (χ0v) is 19.6. The van der Waals surface area contributed by atoms with Gasteiger partial charge in [0.2, 0.25) is 11.4 Å². The first kappa shape index (κ1) is 27.1. The van der Waals surface area contributed by atoms with Crippen LogP contribution >= 0.6 is 0 Å². The fourth-order valence-electron chi connectivity index (χ4n) is 3.57. The predicted molar refractivity (Wildman–Crippen MR) is 132 cm³/mol. The Morgan fingerprint density at radius 2 is 1.35 bits per heavy atom. The van der Waals surface area contributed by atoms with Crippen molar-refractivity contribution >= 4 is 18.9 Å². The third kappa shape index (κ3) is 7.47. The molecule has 0 fully saturated rings. The first-order chi connectivity index (χ1) is 17.6.